The van der Waals surface area contributed by atoms with Crippen molar-refractivity contribution in [3.63, 3.8) is 0 Å². The molecule has 1 aromatic carbocycles. The maximum atomic E-state index is 11.2. The first kappa shape index (κ1) is 35.5. The quantitative estimate of drug-likeness (QED) is 0.0771. The van der Waals surface area contributed by atoms with Gasteiger partial charge >= 0.3 is 5.97 Å². The molecule has 13 heteroatoms. The lowest BCUT2D eigenvalue weighted by molar-refractivity contribution is -0.145. The van der Waals surface area contributed by atoms with Gasteiger partial charge < -0.3 is 33.4 Å². The molecule has 232 valence electrons. The maximum Gasteiger partial charge on any atom is 0.306 e. The fourth-order valence-corrected chi connectivity index (χ4v) is 4.60. The number of esters is 1. The lowest BCUT2D eigenvalue weighted by atomic mass is 10.1. The minimum atomic E-state index is -0.406. The smallest absolute Gasteiger partial charge is 0.306 e. The van der Waals surface area contributed by atoms with Crippen molar-refractivity contribution < 1.29 is 33.3 Å². The van der Waals surface area contributed by atoms with Crippen LogP contribution in [-0.4, -0.2) is 84.8 Å². The molecule has 0 atom stereocenters. The van der Waals surface area contributed by atoms with Gasteiger partial charge in [0, 0.05) is 25.2 Å². The Morgan fingerprint density at radius 1 is 0.930 bits per heavy atom. The van der Waals surface area contributed by atoms with Crippen molar-refractivity contribution >= 4 is 40.0 Å². The van der Waals surface area contributed by atoms with Crippen molar-refractivity contribution in [3.8, 4) is 12.1 Å². The summed E-state index contributed by atoms with van der Waals surface area (Å²) in [6, 6.07) is 10.1. The number of nitrogens with zero attached hydrogens (tertiary/aromatic N) is 5. The summed E-state index contributed by atoms with van der Waals surface area (Å²) in [5.74, 6) is -0.406. The molecular formula is C30H39N5O7S. The molecule has 1 heterocycles. The summed E-state index contributed by atoms with van der Waals surface area (Å²) in [6.45, 7) is 10.9. The van der Waals surface area contributed by atoms with Crippen molar-refractivity contribution in [2.45, 2.75) is 33.6 Å². The van der Waals surface area contributed by atoms with Gasteiger partial charge in [-0.25, -0.2) is 0 Å². The van der Waals surface area contributed by atoms with Crippen LogP contribution in [-0.2, 0) is 33.3 Å². The number of carbonyl (C=O) groups is 2. The van der Waals surface area contributed by atoms with Crippen molar-refractivity contribution in [1.29, 1.82) is 10.5 Å². The minimum absolute atomic E-state index is 0.0927. The van der Waals surface area contributed by atoms with Gasteiger partial charge in [0.25, 0.3) is 0 Å². The number of ether oxygens (including phenoxy) is 5. The zero-order valence-corrected chi connectivity index (χ0v) is 25.8. The maximum absolute atomic E-state index is 11.2. The van der Waals surface area contributed by atoms with E-state index in [2.05, 4.69) is 34.2 Å². The Morgan fingerprint density at radius 2 is 1.56 bits per heavy atom. The van der Waals surface area contributed by atoms with Crippen LogP contribution in [0.15, 0.2) is 28.4 Å². The molecular weight excluding hydrogens is 574 g/mol. The first-order valence-electron chi connectivity index (χ1n) is 14.1. The van der Waals surface area contributed by atoms with Gasteiger partial charge in [-0.1, -0.05) is 0 Å². The van der Waals surface area contributed by atoms with Gasteiger partial charge in [0.15, 0.2) is 5.00 Å². The van der Waals surface area contributed by atoms with Crippen LogP contribution in [0.2, 0.25) is 0 Å². The Bertz CT molecular complexity index is 1270. The number of aldehydes is 1. The molecule has 0 unspecified atom stereocenters. The summed E-state index contributed by atoms with van der Waals surface area (Å²) in [5.41, 5.74) is 3.72. The second-order valence-corrected chi connectivity index (χ2v) is 10.1. The summed E-state index contributed by atoms with van der Waals surface area (Å²) in [5, 5.41) is 27.7. The third-order valence-corrected chi connectivity index (χ3v) is 7.18. The molecule has 0 spiro atoms. The molecule has 0 aliphatic heterocycles. The third kappa shape index (κ3) is 13.0. The number of benzene rings is 1. The van der Waals surface area contributed by atoms with Crippen LogP contribution in [0, 0.1) is 36.5 Å². The molecule has 0 N–H and O–H groups in total. The number of azo groups is 1. The average Bonchev–Trinajstić information content (AvgIpc) is 3.33. The summed E-state index contributed by atoms with van der Waals surface area (Å²) in [6.07, 6.45) is 0.945. The molecule has 2 rings (SSSR count). The summed E-state index contributed by atoms with van der Waals surface area (Å²) >= 11 is 1.17. The van der Waals surface area contributed by atoms with Crippen LogP contribution in [0.5, 0.6) is 0 Å². The van der Waals surface area contributed by atoms with Gasteiger partial charge in [-0.05, 0) is 50.1 Å². The average molecular weight is 614 g/mol. The van der Waals surface area contributed by atoms with Crippen LogP contribution in [0.1, 0.15) is 41.3 Å². The zero-order chi connectivity index (χ0) is 31.3. The van der Waals surface area contributed by atoms with Crippen LogP contribution in [0.25, 0.3) is 0 Å². The van der Waals surface area contributed by atoms with Crippen molar-refractivity contribution in [1.82, 2.24) is 0 Å². The van der Waals surface area contributed by atoms with E-state index in [-0.39, 0.29) is 26.1 Å². The molecule has 12 nitrogen and oxygen atoms in total. The number of hydrogen-bond acceptors (Lipinski definition) is 13. The third-order valence-electron chi connectivity index (χ3n) is 6.10. The number of aryl methyl sites for hydroxylation is 1. The zero-order valence-electron chi connectivity index (χ0n) is 25.0. The lowest BCUT2D eigenvalue weighted by Crippen LogP contribution is -2.27. The summed E-state index contributed by atoms with van der Waals surface area (Å²) in [7, 11) is 0. The Hall–Kier alpha value is -3.72. The predicted octanol–water partition coefficient (Wildman–Crippen LogP) is 4.94. The lowest BCUT2D eigenvalue weighted by Gasteiger charge is -2.23. The monoisotopic (exact) mass is 613 g/mol. The molecule has 0 aliphatic carbocycles. The highest BCUT2D eigenvalue weighted by molar-refractivity contribution is 7.16. The number of anilines is 1. The Balaban J connectivity index is 1.58. The van der Waals surface area contributed by atoms with E-state index in [1.54, 1.807) is 6.92 Å². The van der Waals surface area contributed by atoms with Crippen LogP contribution in [0.3, 0.4) is 0 Å². The number of thiophene rings is 1. The standard InChI is InChI=1S/C30H39N5O7S/c1-4-35(9-11-38-12-13-39-14-15-40-16-17-41-18-19-42-29(37)6-5-10-36)25-7-8-27(23(2)20-25)33-34-30-26(21-31)24(3)28(22-32)43-30/h7-8,10,20H,4-6,9,11-19H2,1-3H3/b34-33+. The molecule has 0 radical (unpaired) electrons. The molecule has 0 amide bonds. The van der Waals surface area contributed by atoms with E-state index in [0.717, 1.165) is 24.3 Å². The van der Waals surface area contributed by atoms with Crippen molar-refractivity contribution in [2.75, 3.05) is 77.5 Å². The van der Waals surface area contributed by atoms with Gasteiger partial charge in [0.1, 0.15) is 29.9 Å². The van der Waals surface area contributed by atoms with Crippen molar-refractivity contribution in [3.05, 3.63) is 39.8 Å². The van der Waals surface area contributed by atoms with E-state index in [4.69, 9.17) is 23.7 Å². The van der Waals surface area contributed by atoms with E-state index in [0.29, 0.717) is 79.2 Å². The molecule has 1 aromatic heterocycles. The Morgan fingerprint density at radius 3 is 2.12 bits per heavy atom. The van der Waals surface area contributed by atoms with Gasteiger partial charge in [0.2, 0.25) is 0 Å². The first-order chi connectivity index (χ1) is 20.9. The number of rotatable bonds is 22. The molecule has 0 saturated heterocycles. The molecule has 0 bridgehead atoms. The predicted molar refractivity (Wildman–Crippen MR) is 161 cm³/mol. The number of hydrogen-bond donors (Lipinski definition) is 0. The largest absolute Gasteiger partial charge is 0.463 e. The van der Waals surface area contributed by atoms with Crippen molar-refractivity contribution in [2.24, 2.45) is 10.2 Å². The molecule has 43 heavy (non-hydrogen) atoms. The fourth-order valence-electron chi connectivity index (χ4n) is 3.72. The molecule has 0 aliphatic rings. The van der Waals surface area contributed by atoms with Crippen LogP contribution in [0.4, 0.5) is 16.4 Å². The summed E-state index contributed by atoms with van der Waals surface area (Å²) in [4.78, 5) is 24.1. The van der Waals surface area contributed by atoms with Crippen LogP contribution >= 0.6 is 11.3 Å². The van der Waals surface area contributed by atoms with E-state index in [9.17, 15) is 20.1 Å². The van der Waals surface area contributed by atoms with Gasteiger partial charge in [0.05, 0.1) is 70.5 Å². The van der Waals surface area contributed by atoms with E-state index >= 15 is 0 Å². The molecule has 0 fully saturated rings. The first-order valence-corrected chi connectivity index (χ1v) is 14.9. The molecule has 0 saturated carbocycles. The number of carbonyl (C=O) groups excluding carboxylic acids is 2. The fraction of sp³-hybridized carbons (Fsp3) is 0.533. The van der Waals surface area contributed by atoms with E-state index in [1.807, 2.05) is 25.1 Å². The highest BCUT2D eigenvalue weighted by atomic mass is 32.1. The van der Waals surface area contributed by atoms with Crippen LogP contribution < -0.4 is 4.90 Å². The topological polar surface area (TPSA) is 156 Å². The highest BCUT2D eigenvalue weighted by Crippen LogP contribution is 2.36. The molecule has 2 aromatic rings. The second-order valence-electron chi connectivity index (χ2n) is 9.09. The second kappa shape index (κ2) is 21.0. The van der Waals surface area contributed by atoms with Gasteiger partial charge in [-0.3, -0.25) is 4.79 Å². The van der Waals surface area contributed by atoms with Gasteiger partial charge in [-0.2, -0.15) is 10.5 Å². The van der Waals surface area contributed by atoms with Gasteiger partial charge in [-0.15, -0.1) is 21.6 Å². The highest BCUT2D eigenvalue weighted by Gasteiger charge is 2.15. The summed E-state index contributed by atoms with van der Waals surface area (Å²) < 4.78 is 26.9. The number of nitriles is 2. The Labute approximate surface area is 256 Å². The minimum Gasteiger partial charge on any atom is -0.463 e. The Kier molecular flexibility index (Phi) is 17.4. The normalized spacial score (nSPS) is 10.9. The van der Waals surface area contributed by atoms with E-state index < -0.39 is 5.97 Å². The van der Waals surface area contributed by atoms with E-state index in [1.165, 1.54) is 11.3 Å². The number of likely N-dealkylation sites (N-methyl/N-ethyl adjacent to an activating group) is 1. The SMILES string of the molecule is CCN(CCOCCOCCOCCOCCOC(=O)CCC=O)c1ccc(/N=N/c2sc(C#N)c(C)c2C#N)c(C)c1.